The largest absolute Gasteiger partial charge is 0.481 e. The maximum Gasteiger partial charge on any atom is 0.341 e. The van der Waals surface area contributed by atoms with E-state index < -0.39 is 29.7 Å². The molecule has 4 aliphatic rings. The molecule has 1 heterocycles. The van der Waals surface area contributed by atoms with E-state index in [0.717, 1.165) is 59.8 Å². The van der Waals surface area contributed by atoms with E-state index in [1.807, 2.05) is 31.2 Å². The van der Waals surface area contributed by atoms with Crippen LogP contribution in [0.25, 0.3) is 10.9 Å². The molecule has 0 aliphatic heterocycles. The Bertz CT molecular complexity index is 1880. The van der Waals surface area contributed by atoms with E-state index in [4.69, 9.17) is 9.72 Å². The van der Waals surface area contributed by atoms with Crippen LogP contribution in [-0.4, -0.2) is 62.3 Å². The first kappa shape index (κ1) is 39.7. The minimum absolute atomic E-state index is 0.0497. The maximum atomic E-state index is 12.9. The third kappa shape index (κ3) is 7.18. The van der Waals surface area contributed by atoms with Crippen LogP contribution in [0.4, 0.5) is 5.69 Å². The zero-order valence-electron chi connectivity index (χ0n) is 33.4. The van der Waals surface area contributed by atoms with Gasteiger partial charge < -0.3 is 30.5 Å². The Kier molecular flexibility index (Phi) is 11.1. The number of hydrogen-bond donors (Lipinski definition) is 5. The molecule has 5 unspecified atom stereocenters. The number of hydrogen-bond acceptors (Lipinski definition) is 8. The van der Waals surface area contributed by atoms with Crippen LogP contribution in [0.5, 0.6) is 0 Å². The molecule has 9 heteroatoms. The highest BCUT2D eigenvalue weighted by Crippen LogP contribution is 2.69. The van der Waals surface area contributed by atoms with E-state index in [0.29, 0.717) is 56.3 Å². The molecular formula is C46H62N2O7. The zero-order valence-corrected chi connectivity index (χ0v) is 33.4. The topological polar surface area (TPSA) is 149 Å². The van der Waals surface area contributed by atoms with Gasteiger partial charge in [-0.2, -0.15) is 0 Å². The number of rotatable bonds is 12. The summed E-state index contributed by atoms with van der Waals surface area (Å²) in [5.41, 5.74) is 3.80. The van der Waals surface area contributed by atoms with Gasteiger partial charge in [0.1, 0.15) is 5.56 Å². The Morgan fingerprint density at radius 2 is 1.73 bits per heavy atom. The molecule has 4 saturated carbocycles. The molecule has 5 N–H and O–H groups in total. The number of aromatic nitrogens is 1. The number of carboxylic acids is 1. The number of aliphatic carboxylic acids is 1. The number of nitrogens with one attached hydrogen (secondary N) is 1. The van der Waals surface area contributed by atoms with Gasteiger partial charge in [-0.25, -0.2) is 4.79 Å². The van der Waals surface area contributed by atoms with Gasteiger partial charge in [0.2, 0.25) is 0 Å². The minimum Gasteiger partial charge on any atom is -0.481 e. The first-order chi connectivity index (χ1) is 26.2. The lowest BCUT2D eigenvalue weighted by Crippen LogP contribution is -2.63. The predicted octanol–water partition coefficient (Wildman–Crippen LogP) is 7.96. The maximum absolute atomic E-state index is 12.9. The number of ether oxygens (including phenoxy) is 1. The normalized spacial score (nSPS) is 34.7. The number of carbonyl (C=O) groups excluding carboxylic acids is 1. The second-order valence-corrected chi connectivity index (χ2v) is 18.3. The van der Waals surface area contributed by atoms with Crippen molar-refractivity contribution >= 4 is 28.5 Å². The molecule has 298 valence electrons. The lowest BCUT2D eigenvalue weighted by molar-refractivity contribution is -0.216. The van der Waals surface area contributed by atoms with Crippen molar-refractivity contribution in [3.05, 3.63) is 70.9 Å². The standard InChI is InChI=1S/C46H62N2O7/c1-6-35-41(43(53)55-5)42(31-9-7-8-10-36(31)48-35)47-26-29-14-12-28(13-15-29)19-20-46(54)22-21-44(3)30(25-46)23-37(49)40-33-17-16-32(27(2)11-18-39(51)52)45(33,4)38(50)24-34(40)44/h7-10,12-15,27,30,32-34,37-38,40,49-50,54H,6,11,16-26H2,1-5H3,(H,47,48)(H,51,52)/t27?,30?,32-,33?,34?,37-,38+,40?,44+,45-,46-/m1/s1. The van der Waals surface area contributed by atoms with Crippen molar-refractivity contribution < 1.29 is 34.8 Å². The summed E-state index contributed by atoms with van der Waals surface area (Å²) in [7, 11) is 1.40. The van der Waals surface area contributed by atoms with E-state index in [1.165, 1.54) is 7.11 Å². The third-order valence-corrected chi connectivity index (χ3v) is 15.6. The molecule has 4 aliphatic carbocycles. The highest BCUT2D eigenvalue weighted by molar-refractivity contribution is 6.06. The van der Waals surface area contributed by atoms with Crippen molar-refractivity contribution in [1.29, 1.82) is 0 Å². The summed E-state index contributed by atoms with van der Waals surface area (Å²) in [5.74, 6) is 0.0301. The number of carboxylic acid groups (broad SMARTS) is 1. The predicted molar refractivity (Wildman–Crippen MR) is 214 cm³/mol. The lowest BCUT2D eigenvalue weighted by atomic mass is 9.42. The average Bonchev–Trinajstić information content (AvgIpc) is 3.54. The third-order valence-electron chi connectivity index (χ3n) is 15.6. The van der Waals surface area contributed by atoms with Crippen molar-refractivity contribution in [2.24, 2.45) is 46.3 Å². The molecule has 0 spiro atoms. The summed E-state index contributed by atoms with van der Waals surface area (Å²) in [4.78, 5) is 29.0. The first-order valence-corrected chi connectivity index (χ1v) is 20.8. The van der Waals surface area contributed by atoms with E-state index in [1.54, 1.807) is 0 Å². The number of carbonyl (C=O) groups is 2. The molecule has 3 aromatic rings. The van der Waals surface area contributed by atoms with Crippen LogP contribution < -0.4 is 5.32 Å². The summed E-state index contributed by atoms with van der Waals surface area (Å²) in [6, 6.07) is 16.3. The van der Waals surface area contributed by atoms with Crippen LogP contribution in [0.3, 0.4) is 0 Å². The number of aryl methyl sites for hydroxylation is 2. The number of fused-ring (bicyclic) bond motifs is 6. The van der Waals surface area contributed by atoms with Gasteiger partial charge in [-0.15, -0.1) is 0 Å². The Morgan fingerprint density at radius 1 is 1.00 bits per heavy atom. The smallest absolute Gasteiger partial charge is 0.341 e. The van der Waals surface area contributed by atoms with Crippen LogP contribution in [0.15, 0.2) is 48.5 Å². The number of methoxy groups -OCH3 is 1. The van der Waals surface area contributed by atoms with E-state index in [-0.39, 0.29) is 52.8 Å². The average molecular weight is 755 g/mol. The molecule has 55 heavy (non-hydrogen) atoms. The molecule has 9 nitrogen and oxygen atoms in total. The molecule has 2 aromatic carbocycles. The van der Waals surface area contributed by atoms with Crippen LogP contribution in [-0.2, 0) is 28.9 Å². The highest BCUT2D eigenvalue weighted by atomic mass is 16.5. The number of anilines is 1. The number of aliphatic hydroxyl groups is 3. The summed E-state index contributed by atoms with van der Waals surface area (Å²) in [6.07, 6.45) is 7.44. The Morgan fingerprint density at radius 3 is 2.44 bits per heavy atom. The van der Waals surface area contributed by atoms with Gasteiger partial charge in [-0.1, -0.05) is 70.2 Å². The summed E-state index contributed by atoms with van der Waals surface area (Å²) in [5, 5.41) is 49.6. The number of nitrogens with zero attached hydrogens (tertiary/aromatic N) is 1. The van der Waals surface area contributed by atoms with Gasteiger partial charge >= 0.3 is 11.9 Å². The number of aliphatic hydroxyl groups excluding tert-OH is 2. The summed E-state index contributed by atoms with van der Waals surface area (Å²) >= 11 is 0. The van der Waals surface area contributed by atoms with Gasteiger partial charge in [-0.3, -0.25) is 9.78 Å². The van der Waals surface area contributed by atoms with Gasteiger partial charge in [-0.05, 0) is 134 Å². The fourth-order valence-electron chi connectivity index (χ4n) is 12.4. The molecule has 7 rings (SSSR count). The van der Waals surface area contributed by atoms with Crippen molar-refractivity contribution in [2.45, 2.75) is 129 Å². The van der Waals surface area contributed by atoms with Crippen LogP contribution in [0.1, 0.15) is 119 Å². The Labute approximate surface area is 326 Å². The highest BCUT2D eigenvalue weighted by Gasteiger charge is 2.66. The Balaban J connectivity index is 0.992. The zero-order chi connectivity index (χ0) is 39.3. The number of para-hydroxylation sites is 1. The summed E-state index contributed by atoms with van der Waals surface area (Å²) < 4.78 is 5.15. The van der Waals surface area contributed by atoms with Gasteiger partial charge in [0.25, 0.3) is 0 Å². The second-order valence-electron chi connectivity index (χ2n) is 18.3. The van der Waals surface area contributed by atoms with E-state index >= 15 is 0 Å². The fraction of sp³-hybridized carbons (Fsp3) is 0.630. The van der Waals surface area contributed by atoms with E-state index in [9.17, 15) is 30.0 Å². The van der Waals surface area contributed by atoms with Gasteiger partial charge in [0, 0.05) is 18.4 Å². The monoisotopic (exact) mass is 754 g/mol. The number of esters is 1. The molecule has 1 aromatic heterocycles. The molecule has 0 saturated heterocycles. The molecular weight excluding hydrogens is 693 g/mol. The molecule has 11 atom stereocenters. The van der Waals surface area contributed by atoms with Crippen LogP contribution >= 0.6 is 0 Å². The molecule has 0 radical (unpaired) electrons. The summed E-state index contributed by atoms with van der Waals surface area (Å²) in [6.45, 7) is 9.26. The Hall–Kier alpha value is -3.53. The van der Waals surface area contributed by atoms with Crippen molar-refractivity contribution in [2.75, 3.05) is 12.4 Å². The lowest BCUT2D eigenvalue weighted by Gasteiger charge is -2.64. The minimum atomic E-state index is -0.805. The first-order valence-electron chi connectivity index (χ1n) is 20.8. The van der Waals surface area contributed by atoms with Crippen molar-refractivity contribution in [1.82, 2.24) is 4.98 Å². The van der Waals surface area contributed by atoms with Crippen molar-refractivity contribution in [3.8, 4) is 0 Å². The van der Waals surface area contributed by atoms with E-state index in [2.05, 4.69) is 50.4 Å². The van der Waals surface area contributed by atoms with Crippen LogP contribution in [0, 0.1) is 46.3 Å². The molecule has 0 bridgehead atoms. The SMILES string of the molecule is CCc1nc2ccccc2c(NCc2ccc(CC[C@@]3(O)CC[C@@]4(C)C(C[C@@H](O)C5C4C[C@H](O)[C@@]4(C)C5CC[C@@H]4C(C)CCC(=O)O)C3)cc2)c1C(=O)OC. The molecule has 4 fully saturated rings. The van der Waals surface area contributed by atoms with Gasteiger partial charge in [0.05, 0.1) is 41.8 Å². The quantitative estimate of drug-likeness (QED) is 0.116. The van der Waals surface area contributed by atoms with Crippen molar-refractivity contribution in [3.63, 3.8) is 0 Å². The fourth-order valence-corrected chi connectivity index (χ4v) is 12.4. The molecule has 0 amide bonds. The number of pyridine rings is 1. The number of benzene rings is 2. The van der Waals surface area contributed by atoms with Crippen LogP contribution in [0.2, 0.25) is 0 Å². The van der Waals surface area contributed by atoms with Gasteiger partial charge in [0.15, 0.2) is 0 Å². The second kappa shape index (κ2) is 15.4.